The molecule has 0 aliphatic rings. The molecule has 0 radical (unpaired) electrons. The van der Waals surface area contributed by atoms with Gasteiger partial charge in [0.1, 0.15) is 5.00 Å². The molecular formula is C8H6N2O3S. The van der Waals surface area contributed by atoms with Gasteiger partial charge in [0.05, 0.1) is 6.20 Å². The molecule has 0 unspecified atom stereocenters. The van der Waals surface area contributed by atoms with Gasteiger partial charge in [0.15, 0.2) is 0 Å². The second-order valence-electron chi connectivity index (χ2n) is 2.40. The number of hydrogen-bond acceptors (Lipinski definition) is 4. The van der Waals surface area contributed by atoms with Gasteiger partial charge in [0.25, 0.3) is 0 Å². The van der Waals surface area contributed by atoms with E-state index < -0.39 is 6.16 Å². The topological polar surface area (TPSA) is 64.3 Å². The van der Waals surface area contributed by atoms with E-state index in [1.54, 1.807) is 0 Å². The van der Waals surface area contributed by atoms with Crippen LogP contribution in [0.5, 0.6) is 5.88 Å². The van der Waals surface area contributed by atoms with E-state index >= 15 is 0 Å². The summed E-state index contributed by atoms with van der Waals surface area (Å²) in [6.07, 6.45) is 0.140. The summed E-state index contributed by atoms with van der Waals surface area (Å²) in [6, 6.07) is 5.17. The fraction of sp³-hybridized carbons (Fsp3) is 0. The van der Waals surface area contributed by atoms with Crippen LogP contribution in [0.15, 0.2) is 29.8 Å². The first-order chi connectivity index (χ1) is 6.77. The Kier molecular flexibility index (Phi) is 2.19. The van der Waals surface area contributed by atoms with E-state index in [0.717, 1.165) is 5.00 Å². The van der Waals surface area contributed by atoms with Crippen LogP contribution in [0, 0.1) is 0 Å². The minimum atomic E-state index is -1.34. The first kappa shape index (κ1) is 8.76. The maximum Gasteiger partial charge on any atom is 0.512 e. The summed E-state index contributed by atoms with van der Waals surface area (Å²) in [7, 11) is 0. The summed E-state index contributed by atoms with van der Waals surface area (Å²) in [5, 5.41) is 15.1. The van der Waals surface area contributed by atoms with Crippen LogP contribution in [-0.2, 0) is 0 Å². The van der Waals surface area contributed by atoms with Gasteiger partial charge in [-0.05, 0) is 17.5 Å². The van der Waals surface area contributed by atoms with Crippen molar-refractivity contribution in [2.75, 3.05) is 0 Å². The van der Waals surface area contributed by atoms with Gasteiger partial charge in [-0.25, -0.2) is 4.79 Å². The zero-order valence-electron chi connectivity index (χ0n) is 6.95. The number of rotatable bonds is 2. The maximum atomic E-state index is 10.3. The highest BCUT2D eigenvalue weighted by molar-refractivity contribution is 7.12. The molecule has 0 aromatic carbocycles. The van der Waals surface area contributed by atoms with Crippen LogP contribution in [0.3, 0.4) is 0 Å². The standard InChI is InChI=1S/C8H6N2O3S/c11-8(12)13-6-3-4-9-10(6)7-2-1-5-14-7/h1-5H,(H,11,12). The first-order valence-electron chi connectivity index (χ1n) is 3.76. The van der Waals surface area contributed by atoms with Crippen molar-refractivity contribution in [1.82, 2.24) is 9.78 Å². The highest BCUT2D eigenvalue weighted by Gasteiger charge is 2.09. The predicted molar refractivity (Wildman–Crippen MR) is 50.1 cm³/mol. The SMILES string of the molecule is O=C(O)Oc1ccnn1-c1cccs1. The van der Waals surface area contributed by atoms with Gasteiger partial charge in [0, 0.05) is 6.07 Å². The number of carboxylic acid groups (broad SMARTS) is 1. The minimum absolute atomic E-state index is 0.194. The van der Waals surface area contributed by atoms with Crippen molar-refractivity contribution in [3.05, 3.63) is 29.8 Å². The molecule has 0 saturated heterocycles. The zero-order valence-corrected chi connectivity index (χ0v) is 7.77. The summed E-state index contributed by atoms with van der Waals surface area (Å²) in [4.78, 5) is 10.3. The van der Waals surface area contributed by atoms with E-state index in [9.17, 15) is 4.79 Å². The van der Waals surface area contributed by atoms with Crippen molar-refractivity contribution in [3.8, 4) is 10.9 Å². The van der Waals surface area contributed by atoms with E-state index in [0.29, 0.717) is 0 Å². The van der Waals surface area contributed by atoms with Crippen LogP contribution in [0.4, 0.5) is 4.79 Å². The van der Waals surface area contributed by atoms with Gasteiger partial charge in [-0.3, -0.25) is 0 Å². The lowest BCUT2D eigenvalue weighted by Gasteiger charge is -2.01. The highest BCUT2D eigenvalue weighted by Crippen LogP contribution is 2.20. The fourth-order valence-corrected chi connectivity index (χ4v) is 1.70. The average Bonchev–Trinajstić information content (AvgIpc) is 2.70. The molecule has 0 aliphatic carbocycles. The number of thiophene rings is 1. The van der Waals surface area contributed by atoms with Gasteiger partial charge >= 0.3 is 6.16 Å². The smallest absolute Gasteiger partial charge is 0.449 e. The molecule has 2 aromatic rings. The first-order valence-corrected chi connectivity index (χ1v) is 4.64. The van der Waals surface area contributed by atoms with Crippen LogP contribution in [0.2, 0.25) is 0 Å². The van der Waals surface area contributed by atoms with Crippen molar-refractivity contribution >= 4 is 17.5 Å². The Morgan fingerprint density at radius 2 is 2.43 bits per heavy atom. The summed E-state index contributed by atoms with van der Waals surface area (Å²) in [6.45, 7) is 0. The Balaban J connectivity index is 2.35. The summed E-state index contributed by atoms with van der Waals surface area (Å²) >= 11 is 1.45. The monoisotopic (exact) mass is 210 g/mol. The quantitative estimate of drug-likeness (QED) is 0.770. The van der Waals surface area contributed by atoms with Crippen molar-refractivity contribution in [2.45, 2.75) is 0 Å². The molecule has 2 heterocycles. The van der Waals surface area contributed by atoms with Crippen LogP contribution in [-0.4, -0.2) is 21.0 Å². The Morgan fingerprint density at radius 3 is 3.07 bits per heavy atom. The van der Waals surface area contributed by atoms with E-state index in [4.69, 9.17) is 5.11 Å². The lowest BCUT2D eigenvalue weighted by atomic mass is 10.6. The predicted octanol–water partition coefficient (Wildman–Crippen LogP) is 1.99. The molecule has 0 bridgehead atoms. The van der Waals surface area contributed by atoms with Gasteiger partial charge in [0.2, 0.25) is 5.88 Å². The van der Waals surface area contributed by atoms with Gasteiger partial charge in [-0.1, -0.05) is 0 Å². The third-order valence-corrected chi connectivity index (χ3v) is 2.36. The normalized spacial score (nSPS) is 10.0. The largest absolute Gasteiger partial charge is 0.512 e. The number of hydrogen-bond donors (Lipinski definition) is 1. The van der Waals surface area contributed by atoms with Gasteiger partial charge in [-0.2, -0.15) is 9.78 Å². The molecule has 0 amide bonds. The van der Waals surface area contributed by atoms with Gasteiger partial charge in [-0.15, -0.1) is 11.3 Å². The molecule has 2 aromatic heterocycles. The number of ether oxygens (including phenoxy) is 1. The summed E-state index contributed by atoms with van der Waals surface area (Å²) in [5.74, 6) is 0.194. The average molecular weight is 210 g/mol. The Bertz CT molecular complexity index is 435. The third-order valence-electron chi connectivity index (χ3n) is 1.51. The van der Waals surface area contributed by atoms with E-state index in [-0.39, 0.29) is 5.88 Å². The second kappa shape index (κ2) is 3.51. The maximum absolute atomic E-state index is 10.3. The van der Waals surface area contributed by atoms with E-state index in [2.05, 4.69) is 9.84 Å². The minimum Gasteiger partial charge on any atom is -0.449 e. The molecule has 6 heteroatoms. The molecule has 1 N–H and O–H groups in total. The van der Waals surface area contributed by atoms with Crippen LogP contribution < -0.4 is 4.74 Å². The Labute approximate surface area is 83.2 Å². The van der Waals surface area contributed by atoms with Crippen LogP contribution >= 0.6 is 11.3 Å². The molecule has 0 atom stereocenters. The highest BCUT2D eigenvalue weighted by atomic mass is 32.1. The lowest BCUT2D eigenvalue weighted by Crippen LogP contribution is -2.07. The number of nitrogens with zero attached hydrogens (tertiary/aromatic N) is 2. The molecule has 0 spiro atoms. The van der Waals surface area contributed by atoms with E-state index in [1.807, 2.05) is 17.5 Å². The van der Waals surface area contributed by atoms with Crippen molar-refractivity contribution in [3.63, 3.8) is 0 Å². The summed E-state index contributed by atoms with van der Waals surface area (Å²) < 4.78 is 5.96. The van der Waals surface area contributed by atoms with Crippen molar-refractivity contribution in [1.29, 1.82) is 0 Å². The second-order valence-corrected chi connectivity index (χ2v) is 3.33. The molecular weight excluding hydrogens is 204 g/mol. The van der Waals surface area contributed by atoms with Crippen molar-refractivity contribution in [2.24, 2.45) is 0 Å². The van der Waals surface area contributed by atoms with Gasteiger partial charge < -0.3 is 9.84 Å². The Hall–Kier alpha value is -1.82. The molecule has 0 fully saturated rings. The van der Waals surface area contributed by atoms with Crippen molar-refractivity contribution < 1.29 is 14.6 Å². The molecule has 14 heavy (non-hydrogen) atoms. The molecule has 5 nitrogen and oxygen atoms in total. The molecule has 72 valence electrons. The summed E-state index contributed by atoms with van der Waals surface area (Å²) in [5.41, 5.74) is 0. The number of carbonyl (C=O) groups is 1. The Morgan fingerprint density at radius 1 is 1.57 bits per heavy atom. The molecule has 2 rings (SSSR count). The van der Waals surface area contributed by atoms with Crippen LogP contribution in [0.1, 0.15) is 0 Å². The van der Waals surface area contributed by atoms with E-state index in [1.165, 1.54) is 28.3 Å². The third kappa shape index (κ3) is 1.60. The molecule has 0 aliphatic heterocycles. The number of aromatic nitrogens is 2. The lowest BCUT2D eigenvalue weighted by molar-refractivity contribution is 0.141. The zero-order chi connectivity index (χ0) is 9.97. The van der Waals surface area contributed by atoms with Crippen LogP contribution in [0.25, 0.3) is 5.00 Å². The fourth-order valence-electron chi connectivity index (χ4n) is 1.01. The molecule has 0 saturated carbocycles.